The van der Waals surface area contributed by atoms with Crippen molar-refractivity contribution in [3.05, 3.63) is 0 Å². The second-order valence-electron chi connectivity index (χ2n) is 3.81. The van der Waals surface area contributed by atoms with E-state index in [4.69, 9.17) is 0 Å². The van der Waals surface area contributed by atoms with E-state index in [0.717, 1.165) is 13.0 Å². The third-order valence-corrected chi connectivity index (χ3v) is 2.72. The van der Waals surface area contributed by atoms with Crippen LogP contribution in [0.2, 0.25) is 0 Å². The molecule has 1 unspecified atom stereocenters. The van der Waals surface area contributed by atoms with E-state index in [1.807, 2.05) is 6.92 Å². The van der Waals surface area contributed by atoms with E-state index in [9.17, 15) is 5.11 Å². The van der Waals surface area contributed by atoms with Crippen molar-refractivity contribution in [2.75, 3.05) is 6.54 Å². The van der Waals surface area contributed by atoms with Crippen LogP contribution in [0.4, 0.5) is 0 Å². The first-order valence-corrected chi connectivity index (χ1v) is 5.24. The molecule has 1 saturated carbocycles. The molecule has 0 spiro atoms. The lowest BCUT2D eigenvalue weighted by atomic mass is 9.95. The summed E-state index contributed by atoms with van der Waals surface area (Å²) in [5.74, 6) is 0. The summed E-state index contributed by atoms with van der Waals surface area (Å²) in [6.07, 6.45) is 7.44. The van der Waals surface area contributed by atoms with Gasteiger partial charge in [0, 0.05) is 12.6 Å². The van der Waals surface area contributed by atoms with Gasteiger partial charge in [-0.2, -0.15) is 0 Å². The molecule has 0 saturated heterocycles. The molecule has 0 aromatic carbocycles. The van der Waals surface area contributed by atoms with Gasteiger partial charge in [-0.25, -0.2) is 0 Å². The highest BCUT2D eigenvalue weighted by Crippen LogP contribution is 2.17. The molecule has 1 aliphatic carbocycles. The Kier molecular flexibility index (Phi) is 7.72. The largest absolute Gasteiger partial charge is 0.392 e. The smallest absolute Gasteiger partial charge is 0.0662 e. The van der Waals surface area contributed by atoms with Gasteiger partial charge in [0.25, 0.3) is 0 Å². The molecule has 3 heteroatoms. The van der Waals surface area contributed by atoms with E-state index in [1.54, 1.807) is 0 Å². The van der Waals surface area contributed by atoms with E-state index in [1.165, 1.54) is 32.1 Å². The molecule has 0 aromatic rings. The number of hydrogen-bond donors (Lipinski definition) is 2. The minimum absolute atomic E-state index is 0. The van der Waals surface area contributed by atoms with Crippen LogP contribution in [0.25, 0.3) is 0 Å². The van der Waals surface area contributed by atoms with Gasteiger partial charge < -0.3 is 10.4 Å². The highest BCUT2D eigenvalue weighted by molar-refractivity contribution is 5.85. The molecule has 1 rings (SSSR count). The van der Waals surface area contributed by atoms with Crippen LogP contribution in [0.1, 0.15) is 45.4 Å². The lowest BCUT2D eigenvalue weighted by Crippen LogP contribution is -2.36. The SMILES string of the molecule is CCC(O)CNC1CCCCC1.Cl. The first-order valence-electron chi connectivity index (χ1n) is 5.24. The van der Waals surface area contributed by atoms with Crippen molar-refractivity contribution in [3.8, 4) is 0 Å². The summed E-state index contributed by atoms with van der Waals surface area (Å²) < 4.78 is 0. The molecule has 1 aliphatic rings. The second-order valence-corrected chi connectivity index (χ2v) is 3.81. The summed E-state index contributed by atoms with van der Waals surface area (Å²) >= 11 is 0. The quantitative estimate of drug-likeness (QED) is 0.740. The average molecular weight is 208 g/mol. The van der Waals surface area contributed by atoms with Gasteiger partial charge in [0.1, 0.15) is 0 Å². The molecule has 80 valence electrons. The predicted octanol–water partition coefficient (Wildman–Crippen LogP) is 2.10. The van der Waals surface area contributed by atoms with Gasteiger partial charge in [-0.15, -0.1) is 12.4 Å². The van der Waals surface area contributed by atoms with Gasteiger partial charge in [-0.05, 0) is 19.3 Å². The fourth-order valence-electron chi connectivity index (χ4n) is 1.75. The number of hydrogen-bond acceptors (Lipinski definition) is 2. The zero-order valence-corrected chi connectivity index (χ0v) is 9.28. The number of nitrogens with one attached hydrogen (secondary N) is 1. The van der Waals surface area contributed by atoms with Gasteiger partial charge in [0.05, 0.1) is 6.10 Å². The molecule has 2 nitrogen and oxygen atoms in total. The van der Waals surface area contributed by atoms with Crippen LogP contribution in [-0.2, 0) is 0 Å². The summed E-state index contributed by atoms with van der Waals surface area (Å²) in [6, 6.07) is 0.681. The maximum absolute atomic E-state index is 9.33. The number of rotatable bonds is 4. The summed E-state index contributed by atoms with van der Waals surface area (Å²) in [5.41, 5.74) is 0. The third kappa shape index (κ3) is 5.50. The van der Waals surface area contributed by atoms with Gasteiger partial charge in [-0.1, -0.05) is 26.2 Å². The third-order valence-electron chi connectivity index (χ3n) is 2.72. The minimum atomic E-state index is -0.146. The standard InChI is InChI=1S/C10H21NO.ClH/c1-2-10(12)8-11-9-6-4-3-5-7-9;/h9-12H,2-8H2,1H3;1H. The first kappa shape index (κ1) is 13.2. The Hall–Kier alpha value is 0.210. The minimum Gasteiger partial charge on any atom is -0.392 e. The maximum Gasteiger partial charge on any atom is 0.0662 e. The van der Waals surface area contributed by atoms with Gasteiger partial charge in [0.15, 0.2) is 0 Å². The van der Waals surface area contributed by atoms with E-state index in [2.05, 4.69) is 5.32 Å². The molecule has 1 atom stereocenters. The van der Waals surface area contributed by atoms with Gasteiger partial charge >= 0.3 is 0 Å². The fraction of sp³-hybridized carbons (Fsp3) is 1.00. The predicted molar refractivity (Wildman–Crippen MR) is 58.4 cm³/mol. The second kappa shape index (κ2) is 7.60. The monoisotopic (exact) mass is 207 g/mol. The molecule has 0 amide bonds. The highest BCUT2D eigenvalue weighted by atomic mass is 35.5. The average Bonchev–Trinajstić information content (AvgIpc) is 2.16. The summed E-state index contributed by atoms with van der Waals surface area (Å²) in [7, 11) is 0. The molecule has 1 fully saturated rings. The Labute approximate surface area is 87.5 Å². The van der Waals surface area contributed by atoms with Crippen LogP contribution in [0.3, 0.4) is 0 Å². The van der Waals surface area contributed by atoms with E-state index < -0.39 is 0 Å². The Morgan fingerprint density at radius 2 is 1.92 bits per heavy atom. The van der Waals surface area contributed by atoms with Crippen LogP contribution in [0, 0.1) is 0 Å². The van der Waals surface area contributed by atoms with Crippen molar-refractivity contribution in [2.24, 2.45) is 0 Å². The van der Waals surface area contributed by atoms with E-state index in [0.29, 0.717) is 6.04 Å². The van der Waals surface area contributed by atoms with Crippen molar-refractivity contribution < 1.29 is 5.11 Å². The van der Waals surface area contributed by atoms with Gasteiger partial charge in [0.2, 0.25) is 0 Å². The van der Waals surface area contributed by atoms with E-state index >= 15 is 0 Å². The van der Waals surface area contributed by atoms with Crippen LogP contribution in [0.15, 0.2) is 0 Å². The van der Waals surface area contributed by atoms with Crippen molar-refractivity contribution >= 4 is 12.4 Å². The van der Waals surface area contributed by atoms with Crippen LogP contribution >= 0.6 is 12.4 Å². The molecular formula is C10H22ClNO. The van der Waals surface area contributed by atoms with E-state index in [-0.39, 0.29) is 18.5 Å². The van der Waals surface area contributed by atoms with Crippen molar-refractivity contribution in [3.63, 3.8) is 0 Å². The van der Waals surface area contributed by atoms with Crippen LogP contribution < -0.4 is 5.32 Å². The number of aliphatic hydroxyl groups is 1. The molecule has 0 aromatic heterocycles. The lowest BCUT2D eigenvalue weighted by Gasteiger charge is -2.23. The van der Waals surface area contributed by atoms with Crippen molar-refractivity contribution in [2.45, 2.75) is 57.6 Å². The molecule has 0 radical (unpaired) electrons. The first-order chi connectivity index (χ1) is 5.83. The van der Waals surface area contributed by atoms with Crippen molar-refractivity contribution in [1.29, 1.82) is 0 Å². The van der Waals surface area contributed by atoms with Crippen LogP contribution in [0.5, 0.6) is 0 Å². The molecule has 0 bridgehead atoms. The highest BCUT2D eigenvalue weighted by Gasteiger charge is 2.13. The summed E-state index contributed by atoms with van der Waals surface area (Å²) in [4.78, 5) is 0. The van der Waals surface area contributed by atoms with Crippen LogP contribution in [-0.4, -0.2) is 23.8 Å². The molecule has 13 heavy (non-hydrogen) atoms. The summed E-state index contributed by atoms with van der Waals surface area (Å²) in [6.45, 7) is 2.80. The Morgan fingerprint density at radius 1 is 1.31 bits per heavy atom. The van der Waals surface area contributed by atoms with Gasteiger partial charge in [-0.3, -0.25) is 0 Å². The molecular weight excluding hydrogens is 186 g/mol. The lowest BCUT2D eigenvalue weighted by molar-refractivity contribution is 0.159. The molecule has 0 aliphatic heterocycles. The topological polar surface area (TPSA) is 32.3 Å². The normalized spacial score (nSPS) is 20.8. The Balaban J connectivity index is 0.00000144. The molecule has 0 heterocycles. The Bertz CT molecular complexity index is 115. The number of aliphatic hydroxyl groups excluding tert-OH is 1. The van der Waals surface area contributed by atoms with Crippen molar-refractivity contribution in [1.82, 2.24) is 5.32 Å². The molecule has 2 N–H and O–H groups in total. The summed E-state index contributed by atoms with van der Waals surface area (Å²) in [5, 5.41) is 12.7. The zero-order valence-electron chi connectivity index (χ0n) is 8.46. The fourth-order valence-corrected chi connectivity index (χ4v) is 1.75. The zero-order chi connectivity index (χ0) is 8.81. The Morgan fingerprint density at radius 3 is 2.46 bits per heavy atom. The number of halogens is 1. The maximum atomic E-state index is 9.33.